The van der Waals surface area contributed by atoms with E-state index >= 15 is 0 Å². The lowest BCUT2D eigenvalue weighted by Gasteiger charge is -2.20. The van der Waals surface area contributed by atoms with E-state index < -0.39 is 7.92 Å². The molecule has 0 amide bonds. The zero-order valence-electron chi connectivity index (χ0n) is 21.6. The molecule has 0 radical (unpaired) electrons. The third kappa shape index (κ3) is 4.42. The fraction of sp³-hybridized carbons (Fsp3) is 0.300. The molecule has 0 heterocycles. The molecule has 0 bridgehead atoms. The van der Waals surface area contributed by atoms with Crippen LogP contribution in [0, 0.1) is 62.3 Å². The molecule has 0 aromatic heterocycles. The van der Waals surface area contributed by atoms with Crippen molar-refractivity contribution in [2.45, 2.75) is 62.3 Å². The number of hydrogen-bond donors (Lipinski definition) is 0. The van der Waals surface area contributed by atoms with E-state index in [1.165, 1.54) is 0 Å². The molecule has 0 saturated carbocycles. The summed E-state index contributed by atoms with van der Waals surface area (Å²) in [6.07, 6.45) is 0. The molecule has 0 spiro atoms. The topological polar surface area (TPSA) is 51.2 Å². The van der Waals surface area contributed by atoms with Crippen LogP contribution in [0.4, 0.5) is 0 Å². The van der Waals surface area contributed by atoms with Gasteiger partial charge in [0.2, 0.25) is 0 Å². The molecule has 3 aromatic carbocycles. The van der Waals surface area contributed by atoms with Crippen molar-refractivity contribution in [3.05, 3.63) is 103 Å². The van der Waals surface area contributed by atoms with Crippen LogP contribution >= 0.6 is 7.92 Å². The van der Waals surface area contributed by atoms with Gasteiger partial charge in [-0.15, -0.1) is 0 Å². The van der Waals surface area contributed by atoms with Gasteiger partial charge < -0.3 is 0 Å². The summed E-state index contributed by atoms with van der Waals surface area (Å²) in [7, 11) is -2.30. The Bertz CT molecular complexity index is 1180. The summed E-state index contributed by atoms with van der Waals surface area (Å²) in [5.41, 5.74) is 8.97. The number of carbonyl (C=O) groups excluding carboxylic acids is 3. The van der Waals surface area contributed by atoms with Gasteiger partial charge in [-0.3, -0.25) is 14.4 Å². The quantitative estimate of drug-likeness (QED) is 0.344. The van der Waals surface area contributed by atoms with Crippen molar-refractivity contribution >= 4 is 24.5 Å². The van der Waals surface area contributed by atoms with Gasteiger partial charge in [-0.1, -0.05) is 36.4 Å². The highest BCUT2D eigenvalue weighted by molar-refractivity contribution is 8.03. The van der Waals surface area contributed by atoms with Gasteiger partial charge >= 0.3 is 0 Å². The molecular formula is C30H33O3P. The number of aryl methyl sites for hydroxylation is 3. The second-order valence-electron chi connectivity index (χ2n) is 9.29. The normalized spacial score (nSPS) is 11.1. The first-order chi connectivity index (χ1) is 15.9. The molecule has 0 aliphatic rings. The summed E-state index contributed by atoms with van der Waals surface area (Å²) in [4.78, 5) is 41.9. The highest BCUT2D eigenvalue weighted by Crippen LogP contribution is 2.48. The molecule has 176 valence electrons. The van der Waals surface area contributed by atoms with Crippen molar-refractivity contribution in [3.63, 3.8) is 0 Å². The fourth-order valence-electron chi connectivity index (χ4n) is 4.20. The Kier molecular flexibility index (Phi) is 7.38. The van der Waals surface area contributed by atoms with Crippen molar-refractivity contribution < 1.29 is 14.4 Å². The zero-order chi connectivity index (χ0) is 25.5. The molecule has 0 atom stereocenters. The molecule has 3 rings (SSSR count). The van der Waals surface area contributed by atoms with E-state index in [1.54, 1.807) is 18.2 Å². The highest BCUT2D eigenvalue weighted by Gasteiger charge is 2.38. The molecule has 0 N–H and O–H groups in total. The Balaban J connectivity index is 2.24. The molecule has 0 saturated heterocycles. The number of benzene rings is 3. The van der Waals surface area contributed by atoms with Crippen molar-refractivity contribution in [1.82, 2.24) is 0 Å². The molecule has 3 nitrogen and oxygen atoms in total. The Hall–Kier alpha value is -2.90. The molecular weight excluding hydrogens is 439 g/mol. The molecule has 4 heteroatoms. The van der Waals surface area contributed by atoms with E-state index in [2.05, 4.69) is 0 Å². The maximum absolute atomic E-state index is 14.0. The average molecular weight is 473 g/mol. The minimum atomic E-state index is -2.30. The summed E-state index contributed by atoms with van der Waals surface area (Å²) in [6, 6.07) is 10.9. The van der Waals surface area contributed by atoms with Crippen LogP contribution < -0.4 is 0 Å². The van der Waals surface area contributed by atoms with Crippen LogP contribution in [0.3, 0.4) is 0 Å². The van der Waals surface area contributed by atoms with Crippen LogP contribution in [0.25, 0.3) is 0 Å². The van der Waals surface area contributed by atoms with Gasteiger partial charge in [-0.05, 0) is 112 Å². The van der Waals surface area contributed by atoms with Gasteiger partial charge in [0.15, 0.2) is 16.6 Å². The summed E-state index contributed by atoms with van der Waals surface area (Å²) >= 11 is 0. The SMILES string of the molecule is Cc1ccc(C(=O)P(C(=O)c2ccc(C)c(C)c2C)C(=O)c2ccc(C)c(C)c2C)c(C)c1C. The fourth-order valence-corrected chi connectivity index (χ4v) is 6.20. The minimum absolute atomic E-state index is 0.374. The predicted molar refractivity (Wildman–Crippen MR) is 142 cm³/mol. The van der Waals surface area contributed by atoms with Gasteiger partial charge in [0.1, 0.15) is 7.92 Å². The van der Waals surface area contributed by atoms with Gasteiger partial charge in [0, 0.05) is 16.7 Å². The van der Waals surface area contributed by atoms with Crippen molar-refractivity contribution in [3.8, 4) is 0 Å². The minimum Gasteiger partial charge on any atom is -0.288 e. The van der Waals surface area contributed by atoms with E-state index in [0.717, 1.165) is 50.1 Å². The Labute approximate surface area is 204 Å². The first kappa shape index (κ1) is 25.7. The van der Waals surface area contributed by atoms with E-state index in [4.69, 9.17) is 0 Å². The van der Waals surface area contributed by atoms with Gasteiger partial charge in [-0.2, -0.15) is 0 Å². The van der Waals surface area contributed by atoms with E-state index in [9.17, 15) is 14.4 Å². The molecule has 0 unspecified atom stereocenters. The van der Waals surface area contributed by atoms with Crippen LogP contribution in [0.1, 0.15) is 81.1 Å². The van der Waals surface area contributed by atoms with Gasteiger partial charge in [-0.25, -0.2) is 0 Å². The first-order valence-electron chi connectivity index (χ1n) is 11.5. The van der Waals surface area contributed by atoms with Gasteiger partial charge in [0.05, 0.1) is 0 Å². The number of carbonyl (C=O) groups is 3. The highest BCUT2D eigenvalue weighted by atomic mass is 31.1. The van der Waals surface area contributed by atoms with Crippen molar-refractivity contribution in [2.24, 2.45) is 0 Å². The standard InChI is InChI=1S/C30H33O3P/c1-16-10-13-25(22(7)19(16)4)28(31)34(29(32)26-14-11-17(2)20(5)23(26)8)30(33)27-15-12-18(3)21(6)24(27)9/h10-15H,1-9H3. The summed E-state index contributed by atoms with van der Waals surface area (Å²) in [6.45, 7) is 17.5. The van der Waals surface area contributed by atoms with E-state index in [1.807, 2.05) is 80.5 Å². The third-order valence-electron chi connectivity index (χ3n) is 7.47. The Morgan fingerprint density at radius 1 is 0.412 bits per heavy atom. The predicted octanol–water partition coefficient (Wildman–Crippen LogP) is 7.77. The van der Waals surface area contributed by atoms with Crippen LogP contribution in [0.2, 0.25) is 0 Å². The maximum atomic E-state index is 14.0. The molecule has 0 aliphatic heterocycles. The second kappa shape index (κ2) is 9.76. The molecule has 3 aromatic rings. The second-order valence-corrected chi connectivity index (χ2v) is 11.2. The van der Waals surface area contributed by atoms with Crippen molar-refractivity contribution in [2.75, 3.05) is 0 Å². The van der Waals surface area contributed by atoms with Crippen LogP contribution in [0.5, 0.6) is 0 Å². The lowest BCUT2D eigenvalue weighted by molar-refractivity contribution is 0.102. The largest absolute Gasteiger partial charge is 0.288 e. The van der Waals surface area contributed by atoms with Gasteiger partial charge in [0.25, 0.3) is 0 Å². The van der Waals surface area contributed by atoms with Crippen LogP contribution in [0.15, 0.2) is 36.4 Å². The zero-order valence-corrected chi connectivity index (χ0v) is 22.5. The summed E-state index contributed by atoms with van der Waals surface area (Å²) in [5, 5.41) is 0. The van der Waals surface area contributed by atoms with Crippen LogP contribution in [-0.2, 0) is 0 Å². The average Bonchev–Trinajstić information content (AvgIpc) is 2.79. The molecule has 34 heavy (non-hydrogen) atoms. The molecule has 0 aliphatic carbocycles. The third-order valence-corrected chi connectivity index (χ3v) is 9.42. The lowest BCUT2D eigenvalue weighted by atomic mass is 9.99. The summed E-state index contributed by atoms with van der Waals surface area (Å²) in [5.74, 6) is 0. The Morgan fingerprint density at radius 3 is 0.882 bits per heavy atom. The van der Waals surface area contributed by atoms with Crippen LogP contribution in [-0.4, -0.2) is 16.6 Å². The molecule has 0 fully saturated rings. The lowest BCUT2D eigenvalue weighted by Crippen LogP contribution is -2.17. The monoisotopic (exact) mass is 472 g/mol. The summed E-state index contributed by atoms with van der Waals surface area (Å²) < 4.78 is 0. The van der Waals surface area contributed by atoms with E-state index in [-0.39, 0.29) is 16.6 Å². The number of rotatable bonds is 6. The maximum Gasteiger partial charge on any atom is 0.200 e. The number of hydrogen-bond acceptors (Lipinski definition) is 3. The van der Waals surface area contributed by atoms with Crippen molar-refractivity contribution in [1.29, 1.82) is 0 Å². The smallest absolute Gasteiger partial charge is 0.200 e. The van der Waals surface area contributed by atoms with E-state index in [0.29, 0.717) is 16.7 Å². The Morgan fingerprint density at radius 2 is 0.647 bits per heavy atom. The first-order valence-corrected chi connectivity index (χ1v) is 12.9.